The van der Waals surface area contributed by atoms with Crippen molar-refractivity contribution in [2.45, 2.75) is 77.7 Å². The predicted molar refractivity (Wildman–Crippen MR) is 173 cm³/mol. The van der Waals surface area contributed by atoms with Crippen LogP contribution in [0.5, 0.6) is 0 Å². The van der Waals surface area contributed by atoms with Crippen molar-refractivity contribution in [3.05, 3.63) is 58.6 Å². The molecule has 242 valence electrons. The van der Waals surface area contributed by atoms with Gasteiger partial charge in [-0.1, -0.05) is 56.5 Å². The summed E-state index contributed by atoms with van der Waals surface area (Å²) >= 11 is 4.39. The summed E-state index contributed by atoms with van der Waals surface area (Å²) < 4.78 is 25.0. The molecule has 4 rings (SSSR count). The number of ether oxygens (including phenoxy) is 3. The van der Waals surface area contributed by atoms with Crippen molar-refractivity contribution in [1.82, 2.24) is 13.8 Å². The number of aromatic nitrogens is 1. The zero-order valence-electron chi connectivity index (χ0n) is 26.4. The molecule has 2 heterocycles. The molecule has 1 aliphatic rings. The number of nitriles is 1. The van der Waals surface area contributed by atoms with E-state index in [1.165, 1.54) is 4.90 Å². The zero-order chi connectivity index (χ0) is 32.6. The molecule has 0 saturated carbocycles. The van der Waals surface area contributed by atoms with Gasteiger partial charge in [-0.15, -0.1) is 0 Å². The summed E-state index contributed by atoms with van der Waals surface area (Å²) in [5.74, 6) is -0.913. The Balaban J connectivity index is 1.41. The quantitative estimate of drug-likeness (QED) is 0.224. The first kappa shape index (κ1) is 34.1. The molecule has 0 bridgehead atoms. The Labute approximate surface area is 269 Å². The number of unbranched alkanes of at least 4 members (excludes halogenated alkanes) is 1. The number of carbonyl (C=O) groups is 2. The van der Waals surface area contributed by atoms with E-state index in [2.05, 4.69) is 25.8 Å². The van der Waals surface area contributed by atoms with E-state index in [0.717, 1.165) is 33.8 Å². The Bertz CT molecular complexity index is 1550. The van der Waals surface area contributed by atoms with Crippen LogP contribution in [-0.2, 0) is 32.0 Å². The Morgan fingerprint density at radius 2 is 1.89 bits per heavy atom. The standard InChI is InChI=1S/C33H42N4O7S/c1-5-6-16-41-18-15-36-27-20-25(12-13-28(27)43-32(36)40)24-10-8-23(9-11-24)19-26(21-34)37(45)30(38)29-22-35(14-7-17-42-29)31(39)44-33(2,3)4/h8-13,20,26,29,45H,5-7,14-19,22H2,1-4H3/t26-,29-/m0/s1. The summed E-state index contributed by atoms with van der Waals surface area (Å²) in [6, 6.07) is 14.5. The summed E-state index contributed by atoms with van der Waals surface area (Å²) in [6.45, 7) is 9.64. The second-order valence-electron chi connectivity index (χ2n) is 12.0. The van der Waals surface area contributed by atoms with Gasteiger partial charge in [0.2, 0.25) is 0 Å². The highest BCUT2D eigenvalue weighted by Gasteiger charge is 2.34. The van der Waals surface area contributed by atoms with Gasteiger partial charge in [-0.05, 0) is 62.4 Å². The second-order valence-corrected chi connectivity index (χ2v) is 12.5. The predicted octanol–water partition coefficient (Wildman–Crippen LogP) is 5.21. The van der Waals surface area contributed by atoms with E-state index in [1.54, 1.807) is 31.4 Å². The van der Waals surface area contributed by atoms with Crippen LogP contribution in [0.15, 0.2) is 51.7 Å². The van der Waals surface area contributed by atoms with Crippen LogP contribution in [0.3, 0.4) is 0 Å². The normalized spacial score (nSPS) is 16.2. The van der Waals surface area contributed by atoms with Crippen molar-refractivity contribution in [1.29, 1.82) is 5.26 Å². The number of oxazole rings is 1. The molecule has 0 radical (unpaired) electrons. The van der Waals surface area contributed by atoms with E-state index >= 15 is 0 Å². The average Bonchev–Trinajstić information content (AvgIpc) is 3.15. The minimum absolute atomic E-state index is 0.0123. The molecule has 1 fully saturated rings. The number of rotatable bonds is 11. The summed E-state index contributed by atoms with van der Waals surface area (Å²) in [7, 11) is 0. The zero-order valence-corrected chi connectivity index (χ0v) is 27.3. The maximum absolute atomic E-state index is 13.3. The summed E-state index contributed by atoms with van der Waals surface area (Å²) in [5, 5.41) is 9.93. The van der Waals surface area contributed by atoms with Gasteiger partial charge in [-0.2, -0.15) is 5.26 Å². The Morgan fingerprint density at radius 3 is 2.58 bits per heavy atom. The van der Waals surface area contributed by atoms with Gasteiger partial charge in [0.15, 0.2) is 11.7 Å². The highest BCUT2D eigenvalue weighted by atomic mass is 32.1. The maximum Gasteiger partial charge on any atom is 0.420 e. The van der Waals surface area contributed by atoms with Crippen molar-refractivity contribution in [2.75, 3.05) is 32.9 Å². The smallest absolute Gasteiger partial charge is 0.420 e. The first-order valence-electron chi connectivity index (χ1n) is 15.3. The van der Waals surface area contributed by atoms with Gasteiger partial charge >= 0.3 is 11.8 Å². The summed E-state index contributed by atoms with van der Waals surface area (Å²) in [5.41, 5.74) is 3.19. The first-order chi connectivity index (χ1) is 21.5. The van der Waals surface area contributed by atoms with Crippen LogP contribution in [0.25, 0.3) is 22.2 Å². The van der Waals surface area contributed by atoms with E-state index in [0.29, 0.717) is 50.4 Å². The van der Waals surface area contributed by atoms with E-state index < -0.39 is 35.5 Å². The fraction of sp³-hybridized carbons (Fsp3) is 0.515. The molecule has 1 aliphatic heterocycles. The Morgan fingerprint density at radius 1 is 1.16 bits per heavy atom. The molecule has 1 saturated heterocycles. The third kappa shape index (κ3) is 9.12. The number of carbonyl (C=O) groups excluding carboxylic acids is 2. The molecule has 1 aromatic heterocycles. The van der Waals surface area contributed by atoms with Crippen molar-refractivity contribution in [3.63, 3.8) is 0 Å². The molecule has 2 atom stereocenters. The fourth-order valence-electron chi connectivity index (χ4n) is 4.97. The van der Waals surface area contributed by atoms with Crippen molar-refractivity contribution < 1.29 is 28.2 Å². The highest BCUT2D eigenvalue weighted by molar-refractivity contribution is 7.78. The molecule has 0 unspecified atom stereocenters. The molecule has 3 aromatic rings. The second kappa shape index (κ2) is 15.5. The molecule has 12 heteroatoms. The number of amides is 2. The van der Waals surface area contributed by atoms with Gasteiger partial charge in [0.25, 0.3) is 5.91 Å². The van der Waals surface area contributed by atoms with Crippen LogP contribution >= 0.6 is 12.8 Å². The van der Waals surface area contributed by atoms with E-state index in [1.807, 2.05) is 36.4 Å². The van der Waals surface area contributed by atoms with E-state index in [9.17, 15) is 19.6 Å². The van der Waals surface area contributed by atoms with Gasteiger partial charge in [-0.25, -0.2) is 9.59 Å². The number of fused-ring (bicyclic) bond motifs is 1. The lowest BCUT2D eigenvalue weighted by atomic mass is 10.0. The number of hydrogen-bond acceptors (Lipinski definition) is 9. The van der Waals surface area contributed by atoms with Gasteiger partial charge < -0.3 is 23.5 Å². The van der Waals surface area contributed by atoms with Gasteiger partial charge in [0.1, 0.15) is 11.6 Å². The molecule has 45 heavy (non-hydrogen) atoms. The molecule has 2 aromatic carbocycles. The largest absolute Gasteiger partial charge is 0.444 e. The SMILES string of the molecule is CCCCOCCn1c(=O)oc2ccc(-c3ccc(C[C@@H](C#N)N(S)C(=O)[C@@H]4CN(C(=O)OC(C)(C)C)CCCO4)cc3)cc21. The molecular weight excluding hydrogens is 596 g/mol. The van der Waals surface area contributed by atoms with Crippen LogP contribution in [0.4, 0.5) is 4.79 Å². The molecule has 0 N–H and O–H groups in total. The molecular formula is C33H42N4O7S. The minimum Gasteiger partial charge on any atom is -0.444 e. The van der Waals surface area contributed by atoms with Gasteiger partial charge in [0.05, 0.1) is 31.3 Å². The Hall–Kier alpha value is -3.79. The molecule has 0 aliphatic carbocycles. The molecule has 11 nitrogen and oxygen atoms in total. The average molecular weight is 639 g/mol. The van der Waals surface area contributed by atoms with Crippen LogP contribution in [0, 0.1) is 11.3 Å². The van der Waals surface area contributed by atoms with E-state index in [-0.39, 0.29) is 13.0 Å². The van der Waals surface area contributed by atoms with Crippen LogP contribution in [0.1, 0.15) is 52.5 Å². The monoisotopic (exact) mass is 638 g/mol. The number of benzene rings is 2. The van der Waals surface area contributed by atoms with Crippen LogP contribution in [-0.4, -0.2) is 76.4 Å². The van der Waals surface area contributed by atoms with Crippen LogP contribution < -0.4 is 5.76 Å². The maximum atomic E-state index is 13.3. The number of nitrogens with zero attached hydrogens (tertiary/aromatic N) is 4. The van der Waals surface area contributed by atoms with Crippen LogP contribution in [0.2, 0.25) is 0 Å². The third-order valence-corrected chi connectivity index (χ3v) is 7.84. The third-order valence-electron chi connectivity index (χ3n) is 7.36. The van der Waals surface area contributed by atoms with Gasteiger partial charge in [-0.3, -0.25) is 13.7 Å². The minimum atomic E-state index is -0.964. The molecule has 2 amide bonds. The molecule has 0 spiro atoms. The number of thiol groups is 1. The lowest BCUT2D eigenvalue weighted by molar-refractivity contribution is -0.139. The lowest BCUT2D eigenvalue weighted by Crippen LogP contribution is -2.47. The van der Waals surface area contributed by atoms with Crippen molar-refractivity contribution in [2.24, 2.45) is 0 Å². The van der Waals surface area contributed by atoms with Crippen molar-refractivity contribution in [3.8, 4) is 17.2 Å². The van der Waals surface area contributed by atoms with E-state index in [4.69, 9.17) is 18.6 Å². The topological polar surface area (TPSA) is 127 Å². The number of hydrogen-bond donors (Lipinski definition) is 1. The lowest BCUT2D eigenvalue weighted by Gasteiger charge is -2.29. The highest BCUT2D eigenvalue weighted by Crippen LogP contribution is 2.26. The first-order valence-corrected chi connectivity index (χ1v) is 15.7. The summed E-state index contributed by atoms with van der Waals surface area (Å²) in [4.78, 5) is 39.9. The fourth-order valence-corrected chi connectivity index (χ4v) is 5.23. The summed E-state index contributed by atoms with van der Waals surface area (Å²) in [6.07, 6.45) is 1.34. The van der Waals surface area contributed by atoms with Gasteiger partial charge in [0, 0.05) is 26.2 Å². The Kier molecular flexibility index (Phi) is 11.7. The van der Waals surface area contributed by atoms with Crippen molar-refractivity contribution >= 4 is 35.9 Å².